The van der Waals surface area contributed by atoms with Crippen LogP contribution in [-0.2, 0) is 16.1 Å². The normalized spacial score (nSPS) is 10.7. The Kier molecular flexibility index (Phi) is 3.84. The summed E-state index contributed by atoms with van der Waals surface area (Å²) in [6.45, 7) is -0.235. The van der Waals surface area contributed by atoms with E-state index in [2.05, 4.69) is 14.7 Å². The third-order valence-electron chi connectivity index (χ3n) is 3.34. The van der Waals surface area contributed by atoms with Crippen LogP contribution < -0.4 is 5.56 Å². The van der Waals surface area contributed by atoms with Crippen LogP contribution in [0.5, 0.6) is 0 Å². The number of carbonyl (C=O) groups is 1. The van der Waals surface area contributed by atoms with Gasteiger partial charge in [0.15, 0.2) is 5.52 Å². The molecule has 2 aromatic heterocycles. The quantitative estimate of drug-likeness (QED) is 0.689. The molecule has 3 rings (SSSR count). The van der Waals surface area contributed by atoms with Gasteiger partial charge in [0.1, 0.15) is 12.4 Å². The molecular formula is C16H12FN3O3. The number of halogens is 1. The van der Waals surface area contributed by atoms with Crippen molar-refractivity contribution in [1.82, 2.24) is 14.5 Å². The number of pyridine rings is 1. The van der Waals surface area contributed by atoms with Crippen LogP contribution in [0, 0.1) is 5.82 Å². The van der Waals surface area contributed by atoms with E-state index in [0.29, 0.717) is 16.8 Å². The van der Waals surface area contributed by atoms with E-state index in [9.17, 15) is 14.0 Å². The van der Waals surface area contributed by atoms with Crippen molar-refractivity contribution in [2.75, 3.05) is 7.11 Å². The van der Waals surface area contributed by atoms with Gasteiger partial charge in [-0.15, -0.1) is 0 Å². The number of ether oxygens (including phenoxy) is 1. The summed E-state index contributed by atoms with van der Waals surface area (Å²) in [5, 5.41) is 0. The zero-order valence-corrected chi connectivity index (χ0v) is 12.2. The van der Waals surface area contributed by atoms with Gasteiger partial charge >= 0.3 is 5.97 Å². The third kappa shape index (κ3) is 2.94. The number of aromatic nitrogens is 3. The average molecular weight is 313 g/mol. The zero-order valence-electron chi connectivity index (χ0n) is 12.2. The summed E-state index contributed by atoms with van der Waals surface area (Å²) in [6, 6.07) is 9.15. The predicted octanol–water partition coefficient (Wildman–Crippen LogP) is 1.77. The van der Waals surface area contributed by atoms with E-state index in [0.717, 1.165) is 4.57 Å². The highest BCUT2D eigenvalue weighted by atomic mass is 19.1. The fourth-order valence-electron chi connectivity index (χ4n) is 2.13. The average Bonchev–Trinajstić information content (AvgIpc) is 2.58. The van der Waals surface area contributed by atoms with E-state index in [1.807, 2.05) is 0 Å². The Hall–Kier alpha value is -3.09. The Morgan fingerprint density at radius 3 is 2.65 bits per heavy atom. The van der Waals surface area contributed by atoms with Crippen LogP contribution in [0.3, 0.4) is 0 Å². The number of nitrogens with zero attached hydrogens (tertiary/aromatic N) is 3. The van der Waals surface area contributed by atoms with Crippen molar-refractivity contribution < 1.29 is 13.9 Å². The number of esters is 1. The summed E-state index contributed by atoms with van der Waals surface area (Å²) in [5.41, 5.74) is 1.31. The minimum atomic E-state index is -0.553. The lowest BCUT2D eigenvalue weighted by atomic mass is 10.1. The fraction of sp³-hybridized carbons (Fsp3) is 0.125. The summed E-state index contributed by atoms with van der Waals surface area (Å²) in [7, 11) is 1.24. The van der Waals surface area contributed by atoms with Crippen LogP contribution in [0.1, 0.15) is 0 Å². The van der Waals surface area contributed by atoms with Crippen molar-refractivity contribution in [1.29, 1.82) is 0 Å². The van der Waals surface area contributed by atoms with Gasteiger partial charge in [-0.1, -0.05) is 0 Å². The maximum Gasteiger partial charge on any atom is 0.325 e. The molecule has 7 heteroatoms. The molecule has 0 saturated carbocycles. The van der Waals surface area contributed by atoms with Gasteiger partial charge in [-0.2, -0.15) is 0 Å². The summed E-state index contributed by atoms with van der Waals surface area (Å²) in [5.74, 6) is -0.903. The smallest absolute Gasteiger partial charge is 0.325 e. The van der Waals surface area contributed by atoms with Crippen LogP contribution >= 0.6 is 0 Å². The number of benzene rings is 1. The van der Waals surface area contributed by atoms with Crippen molar-refractivity contribution in [2.24, 2.45) is 0 Å². The molecule has 0 aliphatic carbocycles. The highest BCUT2D eigenvalue weighted by Crippen LogP contribution is 2.19. The van der Waals surface area contributed by atoms with Gasteiger partial charge in [-0.05, 0) is 36.4 Å². The van der Waals surface area contributed by atoms with Crippen LogP contribution in [0.25, 0.3) is 22.3 Å². The van der Waals surface area contributed by atoms with Gasteiger partial charge in [0.05, 0.1) is 24.6 Å². The zero-order chi connectivity index (χ0) is 16.4. The largest absolute Gasteiger partial charge is 0.468 e. The number of hydrogen-bond donors (Lipinski definition) is 0. The minimum absolute atomic E-state index is 0.137. The van der Waals surface area contributed by atoms with Crippen molar-refractivity contribution in [3.05, 3.63) is 58.9 Å². The molecule has 1 aromatic carbocycles. The molecule has 2 heterocycles. The molecule has 0 saturated heterocycles. The first kappa shape index (κ1) is 14.8. The summed E-state index contributed by atoms with van der Waals surface area (Å²) >= 11 is 0. The van der Waals surface area contributed by atoms with E-state index in [1.54, 1.807) is 24.3 Å². The van der Waals surface area contributed by atoms with Gasteiger partial charge in [-0.25, -0.2) is 14.4 Å². The number of rotatable bonds is 3. The lowest BCUT2D eigenvalue weighted by Crippen LogP contribution is -2.25. The molecule has 0 radical (unpaired) electrons. The van der Waals surface area contributed by atoms with Crippen molar-refractivity contribution in [2.45, 2.75) is 6.54 Å². The Morgan fingerprint density at radius 1 is 1.22 bits per heavy atom. The van der Waals surface area contributed by atoms with Crippen LogP contribution in [-0.4, -0.2) is 27.6 Å². The van der Waals surface area contributed by atoms with Gasteiger partial charge in [0.25, 0.3) is 5.56 Å². The molecule has 3 aromatic rings. The summed E-state index contributed by atoms with van der Waals surface area (Å²) in [6.07, 6.45) is 1.28. The summed E-state index contributed by atoms with van der Waals surface area (Å²) < 4.78 is 18.7. The van der Waals surface area contributed by atoms with E-state index in [-0.39, 0.29) is 17.9 Å². The maximum absolute atomic E-state index is 13.0. The van der Waals surface area contributed by atoms with Gasteiger partial charge in [0, 0.05) is 5.56 Å². The summed E-state index contributed by atoms with van der Waals surface area (Å²) in [4.78, 5) is 32.1. The first-order chi connectivity index (χ1) is 11.1. The lowest BCUT2D eigenvalue weighted by molar-refractivity contribution is -0.141. The third-order valence-corrected chi connectivity index (χ3v) is 3.34. The molecule has 23 heavy (non-hydrogen) atoms. The molecule has 0 fully saturated rings. The van der Waals surface area contributed by atoms with E-state index < -0.39 is 11.5 Å². The second-order valence-electron chi connectivity index (χ2n) is 4.82. The molecule has 0 spiro atoms. The number of fused-ring (bicyclic) bond motifs is 1. The Balaban J connectivity index is 2.10. The molecule has 0 N–H and O–H groups in total. The van der Waals surface area contributed by atoms with E-state index in [1.165, 1.54) is 25.6 Å². The molecule has 116 valence electrons. The van der Waals surface area contributed by atoms with Crippen LogP contribution in [0.15, 0.2) is 47.5 Å². The highest BCUT2D eigenvalue weighted by Gasteiger charge is 2.10. The standard InChI is InChI=1S/C16H12FN3O3/c1-23-14(21)8-20-9-18-13-7-6-12(19-15(13)16(20)22)10-2-4-11(17)5-3-10/h2-7,9H,8H2,1H3. The molecule has 0 aliphatic heterocycles. The molecule has 0 amide bonds. The minimum Gasteiger partial charge on any atom is -0.468 e. The number of carbonyl (C=O) groups excluding carboxylic acids is 1. The molecule has 0 unspecified atom stereocenters. The molecular weight excluding hydrogens is 301 g/mol. The Bertz CT molecular complexity index is 935. The van der Waals surface area contributed by atoms with Crippen LogP contribution in [0.2, 0.25) is 0 Å². The Morgan fingerprint density at radius 2 is 1.96 bits per heavy atom. The first-order valence-electron chi connectivity index (χ1n) is 6.77. The van der Waals surface area contributed by atoms with Crippen LogP contribution in [0.4, 0.5) is 4.39 Å². The first-order valence-corrected chi connectivity index (χ1v) is 6.77. The molecule has 0 atom stereocenters. The number of methoxy groups -OCH3 is 1. The number of hydrogen-bond acceptors (Lipinski definition) is 5. The molecule has 0 bridgehead atoms. The second kappa shape index (κ2) is 5.96. The van der Waals surface area contributed by atoms with Crippen molar-refractivity contribution >= 4 is 17.0 Å². The topological polar surface area (TPSA) is 74.1 Å². The Labute approximate surface area is 130 Å². The monoisotopic (exact) mass is 313 g/mol. The predicted molar refractivity (Wildman–Crippen MR) is 81.2 cm³/mol. The van der Waals surface area contributed by atoms with Gasteiger partial charge in [0.2, 0.25) is 0 Å². The van der Waals surface area contributed by atoms with Crippen molar-refractivity contribution in [3.8, 4) is 11.3 Å². The van der Waals surface area contributed by atoms with Crippen molar-refractivity contribution in [3.63, 3.8) is 0 Å². The molecule has 6 nitrogen and oxygen atoms in total. The fourth-order valence-corrected chi connectivity index (χ4v) is 2.13. The second-order valence-corrected chi connectivity index (χ2v) is 4.82. The lowest BCUT2D eigenvalue weighted by Gasteiger charge is -2.06. The van der Waals surface area contributed by atoms with E-state index >= 15 is 0 Å². The van der Waals surface area contributed by atoms with Gasteiger partial charge in [-0.3, -0.25) is 14.2 Å². The van der Waals surface area contributed by atoms with E-state index in [4.69, 9.17) is 0 Å². The van der Waals surface area contributed by atoms with Gasteiger partial charge < -0.3 is 4.74 Å². The SMILES string of the molecule is COC(=O)Cn1cnc2ccc(-c3ccc(F)cc3)nc2c1=O. The molecule has 0 aliphatic rings. The maximum atomic E-state index is 13.0. The highest BCUT2D eigenvalue weighted by molar-refractivity contribution is 5.77.